The fourth-order valence-corrected chi connectivity index (χ4v) is 4.83. The molecule has 1 aliphatic carbocycles. The molecule has 3 fully saturated rings. The number of hydrogen-bond acceptors (Lipinski definition) is 3. The summed E-state index contributed by atoms with van der Waals surface area (Å²) in [6, 6.07) is 4.95. The van der Waals surface area contributed by atoms with E-state index in [-0.39, 0.29) is 23.6 Å². The first-order valence-corrected chi connectivity index (χ1v) is 9.38. The van der Waals surface area contributed by atoms with Crippen molar-refractivity contribution in [1.82, 2.24) is 9.80 Å². The van der Waals surface area contributed by atoms with Gasteiger partial charge in [-0.25, -0.2) is 4.39 Å². The molecule has 0 bridgehead atoms. The summed E-state index contributed by atoms with van der Waals surface area (Å²) >= 11 is 0. The Morgan fingerprint density at radius 1 is 1.23 bits per heavy atom. The van der Waals surface area contributed by atoms with Crippen LogP contribution in [0, 0.1) is 30.0 Å². The molecule has 2 heterocycles. The van der Waals surface area contributed by atoms with Crippen LogP contribution in [0.2, 0.25) is 0 Å². The number of fused-ring (bicyclic) bond motifs is 1. The molecule has 1 N–H and O–H groups in total. The Hall–Kier alpha value is -1.95. The minimum Gasteiger partial charge on any atom is -0.481 e. The average Bonchev–Trinajstić information content (AvgIpc) is 2.98. The van der Waals surface area contributed by atoms with Crippen molar-refractivity contribution >= 4 is 11.9 Å². The van der Waals surface area contributed by atoms with Crippen molar-refractivity contribution in [1.29, 1.82) is 0 Å². The number of aryl methyl sites for hydroxylation is 1. The van der Waals surface area contributed by atoms with Crippen molar-refractivity contribution in [2.75, 3.05) is 26.2 Å². The maximum absolute atomic E-state index is 13.6. The zero-order valence-corrected chi connectivity index (χ0v) is 15.1. The van der Waals surface area contributed by atoms with E-state index in [2.05, 4.69) is 4.90 Å². The number of likely N-dealkylation sites (tertiary alicyclic amines) is 2. The molecule has 3 aliphatic rings. The minimum atomic E-state index is -0.887. The Labute approximate surface area is 152 Å². The Morgan fingerprint density at radius 3 is 2.58 bits per heavy atom. The van der Waals surface area contributed by atoms with Crippen LogP contribution in [0.1, 0.15) is 30.4 Å². The fourth-order valence-electron chi connectivity index (χ4n) is 4.83. The molecule has 4 rings (SSSR count). The van der Waals surface area contributed by atoms with Crippen LogP contribution < -0.4 is 0 Å². The monoisotopic (exact) mass is 360 g/mol. The van der Waals surface area contributed by atoms with E-state index in [0.717, 1.165) is 30.4 Å². The second kappa shape index (κ2) is 6.34. The van der Waals surface area contributed by atoms with Crippen LogP contribution in [0.4, 0.5) is 4.39 Å². The highest BCUT2D eigenvalue weighted by Crippen LogP contribution is 2.44. The van der Waals surface area contributed by atoms with Gasteiger partial charge >= 0.3 is 5.97 Å². The van der Waals surface area contributed by atoms with E-state index in [1.807, 2.05) is 13.0 Å². The summed E-state index contributed by atoms with van der Waals surface area (Å²) in [5.74, 6) is -0.891. The van der Waals surface area contributed by atoms with Crippen molar-refractivity contribution in [3.8, 4) is 0 Å². The number of rotatable bonds is 4. The van der Waals surface area contributed by atoms with E-state index >= 15 is 0 Å². The average molecular weight is 360 g/mol. The topological polar surface area (TPSA) is 60.9 Å². The van der Waals surface area contributed by atoms with Gasteiger partial charge in [-0.2, -0.15) is 0 Å². The van der Waals surface area contributed by atoms with Gasteiger partial charge < -0.3 is 10.0 Å². The number of hydrogen-bond donors (Lipinski definition) is 1. The largest absolute Gasteiger partial charge is 0.481 e. The smallest absolute Gasteiger partial charge is 0.313 e. The van der Waals surface area contributed by atoms with Crippen LogP contribution in [-0.2, 0) is 16.1 Å². The first-order chi connectivity index (χ1) is 12.4. The van der Waals surface area contributed by atoms with Gasteiger partial charge in [0.15, 0.2) is 0 Å². The number of carbonyl (C=O) groups is 2. The van der Waals surface area contributed by atoms with Gasteiger partial charge in [-0.3, -0.25) is 14.5 Å². The maximum atomic E-state index is 13.6. The second-order valence-corrected chi connectivity index (χ2v) is 8.31. The van der Waals surface area contributed by atoms with Gasteiger partial charge in [0.1, 0.15) is 11.2 Å². The third-order valence-electron chi connectivity index (χ3n) is 6.38. The molecule has 1 saturated carbocycles. The number of carbonyl (C=O) groups excluding carboxylic acids is 1. The Kier molecular flexibility index (Phi) is 4.26. The third-order valence-corrected chi connectivity index (χ3v) is 6.38. The van der Waals surface area contributed by atoms with Gasteiger partial charge in [-0.15, -0.1) is 0 Å². The number of halogens is 1. The van der Waals surface area contributed by atoms with Gasteiger partial charge in [-0.1, -0.05) is 12.5 Å². The molecule has 0 aromatic heterocycles. The number of nitrogens with zero attached hydrogens (tertiary/aromatic N) is 2. The lowest BCUT2D eigenvalue weighted by molar-refractivity contribution is -0.149. The highest BCUT2D eigenvalue weighted by Gasteiger charge is 2.58. The molecule has 2 saturated heterocycles. The zero-order valence-electron chi connectivity index (χ0n) is 15.1. The lowest BCUT2D eigenvalue weighted by Gasteiger charge is -2.31. The molecule has 140 valence electrons. The quantitative estimate of drug-likeness (QED) is 0.895. The predicted octanol–water partition coefficient (Wildman–Crippen LogP) is 2.28. The van der Waals surface area contributed by atoms with Crippen LogP contribution >= 0.6 is 0 Å². The summed E-state index contributed by atoms with van der Waals surface area (Å²) < 4.78 is 13.6. The summed E-state index contributed by atoms with van der Waals surface area (Å²) in [6.45, 7) is 4.28. The molecule has 1 amide bonds. The summed E-state index contributed by atoms with van der Waals surface area (Å²) in [5, 5.41) is 9.93. The van der Waals surface area contributed by atoms with Crippen LogP contribution in [0.15, 0.2) is 18.2 Å². The molecule has 1 unspecified atom stereocenters. The number of carboxylic acid groups (broad SMARTS) is 1. The van der Waals surface area contributed by atoms with Gasteiger partial charge in [-0.05, 0) is 43.0 Å². The Bertz CT molecular complexity index is 728. The molecule has 26 heavy (non-hydrogen) atoms. The number of aliphatic carboxylic acids is 1. The standard InChI is InChI=1S/C20H25FN2O3/c1-13-5-14(7-17(21)6-13)8-22-9-16-10-23(18(24)15-3-2-4-15)12-20(16,11-22)19(25)26/h5-7,15-16H,2-4,8-12H2,1H3,(H,25,26)/t16?,20-/m0/s1. The molecule has 5 nitrogen and oxygen atoms in total. The molecule has 1 aromatic carbocycles. The summed E-state index contributed by atoms with van der Waals surface area (Å²) in [4.78, 5) is 28.5. The lowest BCUT2D eigenvalue weighted by atomic mass is 9.81. The van der Waals surface area contributed by atoms with Crippen molar-refractivity contribution < 1.29 is 19.1 Å². The van der Waals surface area contributed by atoms with Gasteiger partial charge in [0.05, 0.1) is 0 Å². The molecular weight excluding hydrogens is 335 g/mol. The van der Waals surface area contributed by atoms with Crippen molar-refractivity contribution in [3.63, 3.8) is 0 Å². The van der Waals surface area contributed by atoms with E-state index in [1.54, 1.807) is 4.90 Å². The lowest BCUT2D eigenvalue weighted by Crippen LogP contribution is -2.44. The normalized spacial score (nSPS) is 28.8. The SMILES string of the molecule is Cc1cc(F)cc(CN2CC3CN(C(=O)C4CCC4)C[C@@]3(C(=O)O)C2)c1. The van der Waals surface area contributed by atoms with Gasteiger partial charge in [0.25, 0.3) is 0 Å². The van der Waals surface area contributed by atoms with Crippen LogP contribution in [0.25, 0.3) is 0 Å². The van der Waals surface area contributed by atoms with Crippen LogP contribution in [0.3, 0.4) is 0 Å². The van der Waals surface area contributed by atoms with E-state index in [1.165, 1.54) is 12.1 Å². The van der Waals surface area contributed by atoms with E-state index in [0.29, 0.717) is 32.7 Å². The van der Waals surface area contributed by atoms with Crippen LogP contribution in [-0.4, -0.2) is 53.0 Å². The molecule has 1 aromatic rings. The predicted molar refractivity (Wildman–Crippen MR) is 93.9 cm³/mol. The molecule has 6 heteroatoms. The highest BCUT2D eigenvalue weighted by atomic mass is 19.1. The second-order valence-electron chi connectivity index (χ2n) is 8.31. The summed E-state index contributed by atoms with van der Waals surface area (Å²) in [7, 11) is 0. The molecule has 2 atom stereocenters. The van der Waals surface area contributed by atoms with Gasteiger partial charge in [0.2, 0.25) is 5.91 Å². The Balaban J connectivity index is 1.48. The van der Waals surface area contributed by atoms with E-state index < -0.39 is 11.4 Å². The van der Waals surface area contributed by atoms with Crippen molar-refractivity contribution in [2.45, 2.75) is 32.7 Å². The first-order valence-electron chi connectivity index (χ1n) is 9.38. The number of carboxylic acids is 1. The number of benzene rings is 1. The summed E-state index contributed by atoms with van der Waals surface area (Å²) in [6.07, 6.45) is 2.97. The maximum Gasteiger partial charge on any atom is 0.313 e. The van der Waals surface area contributed by atoms with Gasteiger partial charge in [0, 0.05) is 44.6 Å². The van der Waals surface area contributed by atoms with E-state index in [4.69, 9.17) is 0 Å². The first kappa shape index (κ1) is 17.5. The Morgan fingerprint density at radius 2 is 2.00 bits per heavy atom. The van der Waals surface area contributed by atoms with E-state index in [9.17, 15) is 19.1 Å². The molecule has 0 spiro atoms. The minimum absolute atomic E-state index is 0.0568. The molecule has 2 aliphatic heterocycles. The fraction of sp³-hybridized carbons (Fsp3) is 0.600. The molecule has 0 radical (unpaired) electrons. The van der Waals surface area contributed by atoms with Crippen molar-refractivity contribution in [2.24, 2.45) is 17.3 Å². The highest BCUT2D eigenvalue weighted by molar-refractivity contribution is 5.83. The van der Waals surface area contributed by atoms with Crippen molar-refractivity contribution in [3.05, 3.63) is 35.1 Å². The van der Waals surface area contributed by atoms with Crippen LogP contribution in [0.5, 0.6) is 0 Å². The third kappa shape index (κ3) is 2.90. The summed E-state index contributed by atoms with van der Waals surface area (Å²) in [5.41, 5.74) is 0.844. The number of amides is 1. The zero-order chi connectivity index (χ0) is 18.5. The molecular formula is C20H25FN2O3.